The second kappa shape index (κ2) is 4.69. The molecule has 17 heavy (non-hydrogen) atoms. The molecular formula is C13H16BrNO2. The molecule has 0 amide bonds. The smallest absolute Gasteiger partial charge is 0.308 e. The number of nitrogens with zero attached hydrogens (tertiary/aromatic N) is 1. The Morgan fingerprint density at radius 1 is 1.65 bits per heavy atom. The Bertz CT molecular complexity index is 447. The van der Waals surface area contributed by atoms with Crippen LogP contribution in [0.15, 0.2) is 22.7 Å². The topological polar surface area (TPSA) is 40.5 Å². The number of benzene rings is 1. The first-order valence-electron chi connectivity index (χ1n) is 5.83. The number of hydrogen-bond donors (Lipinski definition) is 1. The molecule has 0 saturated carbocycles. The van der Waals surface area contributed by atoms with Crippen LogP contribution < -0.4 is 4.90 Å². The molecule has 4 heteroatoms. The van der Waals surface area contributed by atoms with Crippen molar-refractivity contribution < 1.29 is 9.90 Å². The Morgan fingerprint density at radius 2 is 2.35 bits per heavy atom. The highest BCUT2D eigenvalue weighted by Gasteiger charge is 2.36. The number of anilines is 1. The average molecular weight is 298 g/mol. The zero-order valence-electron chi connectivity index (χ0n) is 9.98. The summed E-state index contributed by atoms with van der Waals surface area (Å²) in [6.07, 6.45) is 0.804. The number of carbonyl (C=O) groups is 1. The van der Waals surface area contributed by atoms with Crippen LogP contribution in [0.1, 0.15) is 19.4 Å². The molecule has 0 spiro atoms. The predicted molar refractivity (Wildman–Crippen MR) is 71.5 cm³/mol. The first-order valence-corrected chi connectivity index (χ1v) is 6.62. The summed E-state index contributed by atoms with van der Waals surface area (Å²) in [7, 11) is 0. The monoisotopic (exact) mass is 297 g/mol. The summed E-state index contributed by atoms with van der Waals surface area (Å²) in [6.45, 7) is 4.69. The molecule has 0 aromatic heterocycles. The van der Waals surface area contributed by atoms with Gasteiger partial charge in [-0.3, -0.25) is 4.79 Å². The van der Waals surface area contributed by atoms with Crippen LogP contribution in [-0.2, 0) is 11.2 Å². The Labute approximate surface area is 110 Å². The van der Waals surface area contributed by atoms with E-state index < -0.39 is 5.97 Å². The highest BCUT2D eigenvalue weighted by molar-refractivity contribution is 9.10. The van der Waals surface area contributed by atoms with Gasteiger partial charge < -0.3 is 10.0 Å². The van der Waals surface area contributed by atoms with Crippen molar-refractivity contribution in [3.63, 3.8) is 0 Å². The van der Waals surface area contributed by atoms with Gasteiger partial charge in [0.25, 0.3) is 0 Å². The quantitative estimate of drug-likeness (QED) is 0.932. The molecule has 1 aliphatic heterocycles. The van der Waals surface area contributed by atoms with E-state index in [0.29, 0.717) is 0 Å². The molecule has 0 saturated heterocycles. The number of fused-ring (bicyclic) bond motifs is 1. The zero-order chi connectivity index (χ0) is 12.6. The molecular weight excluding hydrogens is 282 g/mol. The highest BCUT2D eigenvalue weighted by atomic mass is 79.9. The molecule has 1 aromatic carbocycles. The molecule has 2 unspecified atom stereocenters. The summed E-state index contributed by atoms with van der Waals surface area (Å²) in [6, 6.07) is 6.14. The number of rotatable bonds is 3. The number of carboxylic acid groups (broad SMARTS) is 1. The molecule has 92 valence electrons. The Morgan fingerprint density at radius 3 is 2.94 bits per heavy atom. The second-order valence-corrected chi connectivity index (χ2v) is 5.28. The second-order valence-electron chi connectivity index (χ2n) is 4.42. The molecule has 1 aromatic rings. The Hall–Kier alpha value is -1.03. The van der Waals surface area contributed by atoms with Crippen molar-refractivity contribution in [1.82, 2.24) is 0 Å². The lowest BCUT2D eigenvalue weighted by Gasteiger charge is -2.28. The van der Waals surface area contributed by atoms with Crippen molar-refractivity contribution >= 4 is 27.6 Å². The minimum absolute atomic E-state index is 0.0613. The lowest BCUT2D eigenvalue weighted by atomic mass is 9.98. The minimum Gasteiger partial charge on any atom is -0.481 e. The maximum atomic E-state index is 11.1. The van der Waals surface area contributed by atoms with Gasteiger partial charge in [-0.2, -0.15) is 0 Å². The third-order valence-corrected chi connectivity index (χ3v) is 4.27. The van der Waals surface area contributed by atoms with Crippen molar-refractivity contribution in [3.8, 4) is 0 Å². The fourth-order valence-electron chi connectivity index (χ4n) is 2.53. The number of hydrogen-bond acceptors (Lipinski definition) is 2. The number of halogens is 1. The molecule has 0 fully saturated rings. The maximum absolute atomic E-state index is 11.1. The molecule has 1 aliphatic rings. The van der Waals surface area contributed by atoms with Crippen LogP contribution in [0.2, 0.25) is 0 Å². The van der Waals surface area contributed by atoms with Crippen molar-refractivity contribution in [1.29, 1.82) is 0 Å². The Balaban J connectivity index is 2.38. The lowest BCUT2D eigenvalue weighted by Crippen LogP contribution is -2.40. The fraction of sp³-hybridized carbons (Fsp3) is 0.462. The number of likely N-dealkylation sites (N-methyl/N-ethyl adjacent to an activating group) is 1. The van der Waals surface area contributed by atoms with E-state index in [9.17, 15) is 4.79 Å². The van der Waals surface area contributed by atoms with E-state index in [1.54, 1.807) is 6.92 Å². The average Bonchev–Trinajstić information content (AvgIpc) is 2.67. The summed E-state index contributed by atoms with van der Waals surface area (Å²) in [5, 5.41) is 9.17. The van der Waals surface area contributed by atoms with Crippen LogP contribution in [-0.4, -0.2) is 23.7 Å². The van der Waals surface area contributed by atoms with E-state index >= 15 is 0 Å². The van der Waals surface area contributed by atoms with Gasteiger partial charge >= 0.3 is 5.97 Å². The van der Waals surface area contributed by atoms with Gasteiger partial charge in [0.05, 0.1) is 5.92 Å². The molecule has 1 N–H and O–H groups in total. The summed E-state index contributed by atoms with van der Waals surface area (Å²) >= 11 is 3.54. The maximum Gasteiger partial charge on any atom is 0.308 e. The van der Waals surface area contributed by atoms with E-state index in [0.717, 1.165) is 17.4 Å². The Kier molecular flexibility index (Phi) is 3.43. The molecule has 3 nitrogen and oxygen atoms in total. The lowest BCUT2D eigenvalue weighted by molar-refractivity contribution is -0.141. The van der Waals surface area contributed by atoms with Gasteiger partial charge in [0.1, 0.15) is 0 Å². The molecule has 2 rings (SSSR count). The van der Waals surface area contributed by atoms with E-state index in [1.165, 1.54) is 11.3 Å². The first-order chi connectivity index (χ1) is 8.06. The highest BCUT2D eigenvalue weighted by Crippen LogP contribution is 2.38. The summed E-state index contributed by atoms with van der Waals surface area (Å²) in [5.74, 6) is -1.08. The normalized spacial score (nSPS) is 20.2. The van der Waals surface area contributed by atoms with Gasteiger partial charge in [0.2, 0.25) is 0 Å². The van der Waals surface area contributed by atoms with Crippen LogP contribution in [0, 0.1) is 5.92 Å². The van der Waals surface area contributed by atoms with E-state index in [-0.39, 0.29) is 12.0 Å². The standard InChI is InChI=1S/C13H16BrNO2/c1-3-15-11-6-4-5-10(14)9(11)7-12(15)8(2)13(16)17/h4-6,8,12H,3,7H2,1-2H3,(H,16,17). The van der Waals surface area contributed by atoms with Gasteiger partial charge in [-0.05, 0) is 38.0 Å². The van der Waals surface area contributed by atoms with Crippen LogP contribution in [0.4, 0.5) is 5.69 Å². The van der Waals surface area contributed by atoms with Crippen molar-refractivity contribution in [2.24, 2.45) is 5.92 Å². The van der Waals surface area contributed by atoms with Gasteiger partial charge in [0, 0.05) is 22.7 Å². The van der Waals surface area contributed by atoms with Crippen molar-refractivity contribution in [2.75, 3.05) is 11.4 Å². The molecule has 0 aliphatic carbocycles. The molecule has 0 radical (unpaired) electrons. The van der Waals surface area contributed by atoms with Crippen molar-refractivity contribution in [2.45, 2.75) is 26.3 Å². The number of aliphatic carboxylic acids is 1. The zero-order valence-corrected chi connectivity index (χ0v) is 11.6. The van der Waals surface area contributed by atoms with E-state index in [2.05, 4.69) is 33.8 Å². The SMILES string of the molecule is CCN1c2cccc(Br)c2CC1C(C)C(=O)O. The van der Waals surface area contributed by atoms with Crippen molar-refractivity contribution in [3.05, 3.63) is 28.2 Å². The van der Waals surface area contributed by atoms with E-state index in [1.807, 2.05) is 12.1 Å². The van der Waals surface area contributed by atoms with Crippen LogP contribution in [0.3, 0.4) is 0 Å². The third kappa shape index (κ3) is 2.06. The van der Waals surface area contributed by atoms with Crippen LogP contribution in [0.5, 0.6) is 0 Å². The molecule has 2 atom stereocenters. The van der Waals surface area contributed by atoms with Gasteiger partial charge in [-0.15, -0.1) is 0 Å². The summed E-state index contributed by atoms with van der Waals surface area (Å²) in [5.41, 5.74) is 2.40. The first kappa shape index (κ1) is 12.4. The third-order valence-electron chi connectivity index (χ3n) is 3.52. The van der Waals surface area contributed by atoms with Crippen LogP contribution >= 0.6 is 15.9 Å². The molecule has 1 heterocycles. The van der Waals surface area contributed by atoms with Gasteiger partial charge in [-0.1, -0.05) is 22.0 Å². The van der Waals surface area contributed by atoms with E-state index in [4.69, 9.17) is 5.11 Å². The van der Waals surface area contributed by atoms with Gasteiger partial charge in [-0.25, -0.2) is 0 Å². The van der Waals surface area contributed by atoms with Gasteiger partial charge in [0.15, 0.2) is 0 Å². The van der Waals surface area contributed by atoms with Crippen LogP contribution in [0.25, 0.3) is 0 Å². The number of carboxylic acids is 1. The molecule has 0 bridgehead atoms. The summed E-state index contributed by atoms with van der Waals surface area (Å²) in [4.78, 5) is 13.3. The minimum atomic E-state index is -0.725. The largest absolute Gasteiger partial charge is 0.481 e. The predicted octanol–water partition coefficient (Wildman–Crippen LogP) is 2.92. The fourth-order valence-corrected chi connectivity index (χ4v) is 3.05. The summed E-state index contributed by atoms with van der Waals surface area (Å²) < 4.78 is 1.08.